The fourth-order valence-electron chi connectivity index (χ4n) is 3.08. The van der Waals surface area contributed by atoms with Crippen molar-refractivity contribution in [2.45, 2.75) is 38.9 Å². The minimum atomic E-state index is -4.36. The number of nitrogens with zero attached hydrogens (tertiary/aromatic N) is 4. The van der Waals surface area contributed by atoms with Crippen LogP contribution in [0.2, 0.25) is 0 Å². The molecule has 0 saturated carbocycles. The monoisotopic (exact) mass is 418 g/mol. The summed E-state index contributed by atoms with van der Waals surface area (Å²) in [6.07, 6.45) is -0.946. The second-order valence-electron chi connectivity index (χ2n) is 6.90. The molecule has 1 aromatic carbocycles. The van der Waals surface area contributed by atoms with Crippen molar-refractivity contribution in [2.75, 3.05) is 13.1 Å². The summed E-state index contributed by atoms with van der Waals surface area (Å²) in [7, 11) is 0. The first-order chi connectivity index (χ1) is 14.4. The Balaban J connectivity index is 1.60. The van der Waals surface area contributed by atoms with Gasteiger partial charge in [-0.15, -0.1) is 10.2 Å². The van der Waals surface area contributed by atoms with Crippen molar-refractivity contribution < 1.29 is 13.2 Å². The topological polar surface area (TPSA) is 66.6 Å². The van der Waals surface area contributed by atoms with E-state index in [0.29, 0.717) is 24.6 Å². The Labute approximate surface area is 173 Å². The van der Waals surface area contributed by atoms with E-state index in [-0.39, 0.29) is 6.04 Å². The van der Waals surface area contributed by atoms with Crippen LogP contribution in [-0.4, -0.2) is 33.6 Å². The first-order valence-electron chi connectivity index (χ1n) is 9.89. The summed E-state index contributed by atoms with van der Waals surface area (Å²) in [6, 6.07) is 10.7. The van der Waals surface area contributed by atoms with Gasteiger partial charge in [0.05, 0.1) is 11.6 Å². The quantitative estimate of drug-likeness (QED) is 0.346. The molecule has 0 bridgehead atoms. The van der Waals surface area contributed by atoms with E-state index in [9.17, 15) is 13.2 Å². The Hall–Kier alpha value is -3.10. The molecule has 2 N–H and O–H groups in total. The molecule has 1 unspecified atom stereocenters. The second kappa shape index (κ2) is 9.60. The van der Waals surface area contributed by atoms with Crippen molar-refractivity contribution >= 4 is 11.6 Å². The molecule has 3 rings (SSSR count). The van der Waals surface area contributed by atoms with Gasteiger partial charge in [0.2, 0.25) is 0 Å². The average molecular weight is 418 g/mol. The number of aryl methyl sites for hydroxylation is 1. The zero-order valence-corrected chi connectivity index (χ0v) is 16.9. The lowest BCUT2D eigenvalue weighted by molar-refractivity contribution is -0.137. The molecular formula is C21H25F3N6. The van der Waals surface area contributed by atoms with Crippen LogP contribution in [0.4, 0.5) is 13.2 Å². The standard InChI is InChI=1S/C21H25F3N6/c1-3-25-20(27-15(2)16-8-6-9-17(14-16)21(22,23)24)26-12-7-11-19-29-28-18-10-4-5-13-30(18)19/h4-6,8-10,13-15H,3,7,11-12H2,1-2H3,(H2,25,26,27). The van der Waals surface area contributed by atoms with E-state index >= 15 is 0 Å². The maximum absolute atomic E-state index is 13.0. The molecule has 0 aliphatic rings. The van der Waals surface area contributed by atoms with Gasteiger partial charge in [-0.05, 0) is 50.1 Å². The smallest absolute Gasteiger partial charge is 0.357 e. The molecule has 0 aliphatic carbocycles. The minimum Gasteiger partial charge on any atom is -0.357 e. The van der Waals surface area contributed by atoms with Crippen molar-refractivity contribution in [3.8, 4) is 0 Å². The highest BCUT2D eigenvalue weighted by molar-refractivity contribution is 5.80. The molecule has 6 nitrogen and oxygen atoms in total. The number of hydrogen-bond acceptors (Lipinski definition) is 3. The largest absolute Gasteiger partial charge is 0.416 e. The summed E-state index contributed by atoms with van der Waals surface area (Å²) >= 11 is 0. The zero-order chi connectivity index (χ0) is 21.6. The van der Waals surface area contributed by atoms with Crippen LogP contribution in [0.15, 0.2) is 53.7 Å². The lowest BCUT2D eigenvalue weighted by Gasteiger charge is -2.19. The van der Waals surface area contributed by atoms with Gasteiger partial charge in [0, 0.05) is 25.7 Å². The third-order valence-corrected chi connectivity index (χ3v) is 4.62. The van der Waals surface area contributed by atoms with Gasteiger partial charge in [-0.1, -0.05) is 18.2 Å². The number of alkyl halides is 3. The first-order valence-corrected chi connectivity index (χ1v) is 9.89. The van der Waals surface area contributed by atoms with Crippen molar-refractivity contribution in [1.82, 2.24) is 25.2 Å². The van der Waals surface area contributed by atoms with Crippen molar-refractivity contribution in [2.24, 2.45) is 4.99 Å². The van der Waals surface area contributed by atoms with Crippen molar-refractivity contribution in [3.05, 3.63) is 65.6 Å². The van der Waals surface area contributed by atoms with Gasteiger partial charge in [-0.25, -0.2) is 0 Å². The number of aromatic nitrogens is 3. The van der Waals surface area contributed by atoms with Gasteiger partial charge in [-0.3, -0.25) is 9.39 Å². The van der Waals surface area contributed by atoms with Crippen LogP contribution in [0.3, 0.4) is 0 Å². The molecule has 0 aliphatic heterocycles. The molecule has 0 amide bonds. The lowest BCUT2D eigenvalue weighted by atomic mass is 10.1. The van der Waals surface area contributed by atoms with E-state index in [2.05, 4.69) is 25.8 Å². The third kappa shape index (κ3) is 5.49. The van der Waals surface area contributed by atoms with Crippen LogP contribution < -0.4 is 10.6 Å². The maximum Gasteiger partial charge on any atom is 0.416 e. The van der Waals surface area contributed by atoms with Gasteiger partial charge >= 0.3 is 6.18 Å². The Morgan fingerprint density at radius 3 is 2.77 bits per heavy atom. The lowest BCUT2D eigenvalue weighted by Crippen LogP contribution is -2.38. The molecule has 0 saturated heterocycles. The van der Waals surface area contributed by atoms with E-state index in [1.807, 2.05) is 42.6 Å². The summed E-state index contributed by atoms with van der Waals surface area (Å²) in [5, 5.41) is 14.6. The Kier molecular flexibility index (Phi) is 6.91. The molecule has 0 spiro atoms. The van der Waals surface area contributed by atoms with E-state index in [0.717, 1.165) is 36.4 Å². The molecule has 2 heterocycles. The van der Waals surface area contributed by atoms with Gasteiger partial charge in [0.15, 0.2) is 11.6 Å². The maximum atomic E-state index is 13.0. The highest BCUT2D eigenvalue weighted by Gasteiger charge is 2.30. The van der Waals surface area contributed by atoms with Crippen molar-refractivity contribution in [1.29, 1.82) is 0 Å². The zero-order valence-electron chi connectivity index (χ0n) is 16.9. The number of benzene rings is 1. The van der Waals surface area contributed by atoms with E-state index in [4.69, 9.17) is 0 Å². The number of pyridine rings is 1. The SMILES string of the molecule is CCNC(=NCCCc1nnc2ccccn12)NC(C)c1cccc(C(F)(F)F)c1. The number of hydrogen-bond donors (Lipinski definition) is 2. The predicted octanol–water partition coefficient (Wildman–Crippen LogP) is 4.00. The molecule has 0 radical (unpaired) electrons. The van der Waals surface area contributed by atoms with Gasteiger partial charge in [-0.2, -0.15) is 13.2 Å². The Morgan fingerprint density at radius 2 is 2.00 bits per heavy atom. The summed E-state index contributed by atoms with van der Waals surface area (Å²) in [5.74, 6) is 1.43. The van der Waals surface area contributed by atoms with Crippen LogP contribution in [-0.2, 0) is 12.6 Å². The van der Waals surface area contributed by atoms with Gasteiger partial charge in [0.25, 0.3) is 0 Å². The van der Waals surface area contributed by atoms with E-state index in [1.165, 1.54) is 6.07 Å². The summed E-state index contributed by atoms with van der Waals surface area (Å²) in [4.78, 5) is 4.54. The fourth-order valence-corrected chi connectivity index (χ4v) is 3.08. The third-order valence-electron chi connectivity index (χ3n) is 4.62. The molecule has 2 aromatic heterocycles. The molecule has 160 valence electrons. The number of guanidine groups is 1. The Morgan fingerprint density at radius 1 is 1.17 bits per heavy atom. The summed E-state index contributed by atoms with van der Waals surface area (Å²) in [5.41, 5.74) is 0.697. The number of halogens is 3. The Bertz CT molecular complexity index is 996. The molecule has 0 fully saturated rings. The van der Waals surface area contributed by atoms with E-state index < -0.39 is 11.7 Å². The number of aliphatic imine (C=N–C) groups is 1. The minimum absolute atomic E-state index is 0.328. The molecule has 30 heavy (non-hydrogen) atoms. The number of fused-ring (bicyclic) bond motifs is 1. The second-order valence-corrected chi connectivity index (χ2v) is 6.90. The molecular weight excluding hydrogens is 393 g/mol. The number of rotatable bonds is 7. The number of nitrogens with one attached hydrogen (secondary N) is 2. The highest BCUT2D eigenvalue weighted by Crippen LogP contribution is 2.30. The average Bonchev–Trinajstić information content (AvgIpc) is 3.14. The highest BCUT2D eigenvalue weighted by atomic mass is 19.4. The van der Waals surface area contributed by atoms with Crippen LogP contribution in [0, 0.1) is 0 Å². The normalized spacial score (nSPS) is 13.4. The summed E-state index contributed by atoms with van der Waals surface area (Å²) in [6.45, 7) is 4.95. The van der Waals surface area contributed by atoms with Crippen LogP contribution >= 0.6 is 0 Å². The van der Waals surface area contributed by atoms with Crippen LogP contribution in [0.25, 0.3) is 5.65 Å². The predicted molar refractivity (Wildman–Crippen MR) is 110 cm³/mol. The van der Waals surface area contributed by atoms with Gasteiger partial charge < -0.3 is 10.6 Å². The van der Waals surface area contributed by atoms with Crippen LogP contribution in [0.5, 0.6) is 0 Å². The van der Waals surface area contributed by atoms with Crippen LogP contribution in [0.1, 0.15) is 43.3 Å². The van der Waals surface area contributed by atoms with Crippen molar-refractivity contribution in [3.63, 3.8) is 0 Å². The van der Waals surface area contributed by atoms with E-state index in [1.54, 1.807) is 6.07 Å². The summed E-state index contributed by atoms with van der Waals surface area (Å²) < 4.78 is 40.8. The first kappa shape index (κ1) is 21.6. The fraction of sp³-hybridized carbons (Fsp3) is 0.381. The molecule has 9 heteroatoms. The molecule has 1 atom stereocenters. The van der Waals surface area contributed by atoms with Gasteiger partial charge in [0.1, 0.15) is 5.82 Å². The molecule has 3 aromatic rings.